The zero-order chi connectivity index (χ0) is 20.7. The highest BCUT2D eigenvalue weighted by Crippen LogP contribution is 2.41. The Kier molecular flexibility index (Phi) is 4.40. The van der Waals surface area contributed by atoms with Crippen LogP contribution < -0.4 is 4.74 Å². The summed E-state index contributed by atoms with van der Waals surface area (Å²) in [5.41, 5.74) is 8.19. The van der Waals surface area contributed by atoms with Gasteiger partial charge in [0.1, 0.15) is 5.75 Å². The average molecular weight is 395 g/mol. The molecule has 0 saturated heterocycles. The van der Waals surface area contributed by atoms with E-state index < -0.39 is 5.97 Å². The van der Waals surface area contributed by atoms with Gasteiger partial charge in [0, 0.05) is 22.5 Å². The number of aromatic nitrogens is 1. The maximum Gasteiger partial charge on any atom is 0.335 e. The number of carboxylic acid groups (broad SMARTS) is 1. The van der Waals surface area contributed by atoms with Gasteiger partial charge in [-0.25, -0.2) is 4.79 Å². The van der Waals surface area contributed by atoms with E-state index in [-0.39, 0.29) is 5.56 Å². The van der Waals surface area contributed by atoms with Crippen molar-refractivity contribution < 1.29 is 14.6 Å². The highest BCUT2D eigenvalue weighted by molar-refractivity contribution is 5.88. The summed E-state index contributed by atoms with van der Waals surface area (Å²) in [7, 11) is 1.66. The van der Waals surface area contributed by atoms with Gasteiger partial charge in [0.05, 0.1) is 18.4 Å². The summed E-state index contributed by atoms with van der Waals surface area (Å²) >= 11 is 0. The predicted molar refractivity (Wildman–Crippen MR) is 118 cm³/mol. The molecule has 4 nitrogen and oxygen atoms in total. The molecule has 1 heterocycles. The maximum atomic E-state index is 11.6. The third-order valence-electron chi connectivity index (χ3n) is 5.76. The van der Waals surface area contributed by atoms with E-state index in [4.69, 9.17) is 4.74 Å². The van der Waals surface area contributed by atoms with Crippen molar-refractivity contribution in [1.82, 2.24) is 4.57 Å². The summed E-state index contributed by atoms with van der Waals surface area (Å²) in [6.45, 7) is 0. The van der Waals surface area contributed by atoms with Crippen LogP contribution in [0.4, 0.5) is 0 Å². The number of benzene rings is 3. The number of aryl methyl sites for hydroxylation is 1. The molecular formula is C26H21NO3. The van der Waals surface area contributed by atoms with Crippen LogP contribution in [-0.4, -0.2) is 22.8 Å². The first-order valence-corrected chi connectivity index (χ1v) is 9.97. The van der Waals surface area contributed by atoms with E-state index in [1.54, 1.807) is 25.3 Å². The number of nitrogens with zero attached hydrogens (tertiary/aromatic N) is 1. The predicted octanol–water partition coefficient (Wildman–Crippen LogP) is 5.62. The second-order valence-corrected chi connectivity index (χ2v) is 7.47. The van der Waals surface area contributed by atoms with Crippen LogP contribution in [0.5, 0.6) is 5.75 Å². The number of hydrogen-bond donors (Lipinski definition) is 1. The lowest BCUT2D eigenvalue weighted by molar-refractivity contribution is 0.0697. The molecule has 5 rings (SSSR count). The minimum absolute atomic E-state index is 0.280. The lowest BCUT2D eigenvalue weighted by Crippen LogP contribution is -2.09. The first-order valence-electron chi connectivity index (χ1n) is 9.97. The van der Waals surface area contributed by atoms with E-state index >= 15 is 0 Å². The molecule has 0 unspecified atom stereocenters. The fourth-order valence-electron chi connectivity index (χ4n) is 4.35. The van der Waals surface area contributed by atoms with E-state index in [9.17, 15) is 9.90 Å². The SMILES string of the molecule is COc1cccc(-c2cc3c(n2-c2cccc(C(=O)O)c2)CCc2ccccc2-3)c1. The Labute approximate surface area is 175 Å². The van der Waals surface area contributed by atoms with Crippen LogP contribution in [0.3, 0.4) is 0 Å². The molecule has 0 saturated carbocycles. The van der Waals surface area contributed by atoms with Crippen molar-refractivity contribution in [3.63, 3.8) is 0 Å². The van der Waals surface area contributed by atoms with Gasteiger partial charge in [-0.1, -0.05) is 42.5 Å². The fourth-order valence-corrected chi connectivity index (χ4v) is 4.35. The molecule has 0 spiro atoms. The topological polar surface area (TPSA) is 51.5 Å². The number of aromatic carboxylic acids is 1. The molecule has 0 radical (unpaired) electrons. The first-order chi connectivity index (χ1) is 14.7. The number of carbonyl (C=O) groups is 1. The molecule has 1 aliphatic carbocycles. The molecule has 30 heavy (non-hydrogen) atoms. The molecule has 4 heteroatoms. The Bertz CT molecular complexity index is 1270. The van der Waals surface area contributed by atoms with Crippen molar-refractivity contribution in [3.05, 3.63) is 95.7 Å². The lowest BCUT2D eigenvalue weighted by atomic mass is 9.90. The quantitative estimate of drug-likeness (QED) is 0.488. The van der Waals surface area contributed by atoms with E-state index in [2.05, 4.69) is 41.0 Å². The Hall–Kier alpha value is -3.79. The van der Waals surface area contributed by atoms with Gasteiger partial charge in [0.2, 0.25) is 0 Å². The number of hydrogen-bond acceptors (Lipinski definition) is 2. The van der Waals surface area contributed by atoms with Crippen LogP contribution in [0.25, 0.3) is 28.1 Å². The molecule has 0 fully saturated rings. The highest BCUT2D eigenvalue weighted by Gasteiger charge is 2.24. The summed E-state index contributed by atoms with van der Waals surface area (Å²) in [5.74, 6) is -0.135. The summed E-state index contributed by atoms with van der Waals surface area (Å²) < 4.78 is 7.64. The zero-order valence-corrected chi connectivity index (χ0v) is 16.6. The largest absolute Gasteiger partial charge is 0.497 e. The summed E-state index contributed by atoms with van der Waals surface area (Å²) in [6.07, 6.45) is 1.86. The van der Waals surface area contributed by atoms with Crippen LogP contribution in [0.15, 0.2) is 78.9 Å². The van der Waals surface area contributed by atoms with E-state index in [1.165, 1.54) is 22.4 Å². The molecule has 3 aromatic carbocycles. The summed E-state index contributed by atoms with van der Waals surface area (Å²) in [4.78, 5) is 11.6. The van der Waals surface area contributed by atoms with Gasteiger partial charge in [-0.3, -0.25) is 0 Å². The van der Waals surface area contributed by atoms with Crippen molar-refractivity contribution in [2.24, 2.45) is 0 Å². The Morgan fingerprint density at radius 3 is 2.57 bits per heavy atom. The van der Waals surface area contributed by atoms with Crippen molar-refractivity contribution in [1.29, 1.82) is 0 Å². The van der Waals surface area contributed by atoms with Gasteiger partial charge >= 0.3 is 5.97 Å². The van der Waals surface area contributed by atoms with Gasteiger partial charge in [0.25, 0.3) is 0 Å². The summed E-state index contributed by atoms with van der Waals surface area (Å²) in [6, 6.07) is 25.9. The third-order valence-corrected chi connectivity index (χ3v) is 5.76. The van der Waals surface area contributed by atoms with E-state index in [1.807, 2.05) is 24.3 Å². The molecule has 148 valence electrons. The van der Waals surface area contributed by atoms with Crippen LogP contribution in [0.2, 0.25) is 0 Å². The molecule has 1 aromatic heterocycles. The van der Waals surface area contributed by atoms with Crippen molar-refractivity contribution in [2.75, 3.05) is 7.11 Å². The number of methoxy groups -OCH3 is 1. The minimum Gasteiger partial charge on any atom is -0.497 e. The van der Waals surface area contributed by atoms with Gasteiger partial charge in [0.15, 0.2) is 0 Å². The van der Waals surface area contributed by atoms with Crippen molar-refractivity contribution in [3.8, 4) is 33.8 Å². The maximum absolute atomic E-state index is 11.6. The van der Waals surface area contributed by atoms with Crippen LogP contribution in [0.1, 0.15) is 21.6 Å². The standard InChI is InChI=1S/C26H21NO3/c1-30-21-10-5-7-18(15-21)25-16-23-22-11-3-2-6-17(22)12-13-24(23)27(25)20-9-4-8-19(14-20)26(28)29/h2-11,14-16H,12-13H2,1H3,(H,28,29). The Morgan fingerprint density at radius 1 is 0.900 bits per heavy atom. The molecule has 0 aliphatic heterocycles. The molecule has 4 aromatic rings. The third kappa shape index (κ3) is 2.98. The summed E-state index contributed by atoms with van der Waals surface area (Å²) in [5, 5.41) is 9.50. The molecule has 1 aliphatic rings. The van der Waals surface area contributed by atoms with Gasteiger partial charge < -0.3 is 14.4 Å². The Morgan fingerprint density at radius 2 is 1.73 bits per heavy atom. The van der Waals surface area contributed by atoms with Crippen molar-refractivity contribution >= 4 is 5.97 Å². The number of fused-ring (bicyclic) bond motifs is 3. The number of carboxylic acids is 1. The van der Waals surface area contributed by atoms with E-state index in [0.29, 0.717) is 0 Å². The van der Waals surface area contributed by atoms with Crippen LogP contribution in [0, 0.1) is 0 Å². The number of ether oxygens (including phenoxy) is 1. The minimum atomic E-state index is -0.925. The van der Waals surface area contributed by atoms with Gasteiger partial charge in [-0.2, -0.15) is 0 Å². The zero-order valence-electron chi connectivity index (χ0n) is 16.6. The van der Waals surface area contributed by atoms with Crippen molar-refractivity contribution in [2.45, 2.75) is 12.8 Å². The molecule has 0 bridgehead atoms. The highest BCUT2D eigenvalue weighted by atomic mass is 16.5. The van der Waals surface area contributed by atoms with Gasteiger partial charge in [-0.05, 0) is 60.4 Å². The smallest absolute Gasteiger partial charge is 0.335 e. The second-order valence-electron chi connectivity index (χ2n) is 7.47. The van der Waals surface area contributed by atoms with Gasteiger partial charge in [-0.15, -0.1) is 0 Å². The lowest BCUT2D eigenvalue weighted by Gasteiger charge is -2.20. The van der Waals surface area contributed by atoms with E-state index in [0.717, 1.165) is 35.5 Å². The molecule has 0 amide bonds. The van der Waals surface area contributed by atoms with Crippen LogP contribution >= 0.6 is 0 Å². The Balaban J connectivity index is 1.79. The molecule has 0 atom stereocenters. The molecular weight excluding hydrogens is 374 g/mol. The molecule has 1 N–H and O–H groups in total. The first kappa shape index (κ1) is 18.3. The number of rotatable bonds is 4. The monoisotopic (exact) mass is 395 g/mol. The normalized spacial score (nSPS) is 12.2. The second kappa shape index (κ2) is 7.23. The average Bonchev–Trinajstić information content (AvgIpc) is 3.19. The van der Waals surface area contributed by atoms with Crippen LogP contribution in [-0.2, 0) is 12.8 Å². The fraction of sp³-hybridized carbons (Fsp3) is 0.115.